The summed E-state index contributed by atoms with van der Waals surface area (Å²) in [4.78, 5) is 0. The lowest BCUT2D eigenvalue weighted by atomic mass is 9.77. The van der Waals surface area contributed by atoms with Crippen molar-refractivity contribution < 1.29 is 14.9 Å². The predicted molar refractivity (Wildman–Crippen MR) is 110 cm³/mol. The number of aliphatic hydroxyl groups is 1. The van der Waals surface area contributed by atoms with E-state index in [0.717, 1.165) is 49.9 Å². The van der Waals surface area contributed by atoms with Gasteiger partial charge in [-0.3, -0.25) is 0 Å². The zero-order valence-electron chi connectivity index (χ0n) is 15.2. The minimum Gasteiger partial charge on any atom is -0.507 e. The SMILES string of the molecule is Cc1cc2c(c(O)c1-c1cc3c(I)cn(C4CC(C)(O)C4)c3nn1)CCO2. The Bertz CT molecular complexity index is 1080. The Hall–Kier alpha value is -1.87. The van der Waals surface area contributed by atoms with E-state index in [1.807, 2.05) is 26.0 Å². The number of nitrogens with zero attached hydrogens (tertiary/aromatic N) is 3. The number of aryl methyl sites for hydroxylation is 1. The van der Waals surface area contributed by atoms with Crippen LogP contribution in [0.3, 0.4) is 0 Å². The Morgan fingerprint density at radius 1 is 1.30 bits per heavy atom. The van der Waals surface area contributed by atoms with E-state index in [0.29, 0.717) is 18.7 Å². The van der Waals surface area contributed by atoms with Gasteiger partial charge in [0.2, 0.25) is 0 Å². The van der Waals surface area contributed by atoms with Crippen LogP contribution in [-0.2, 0) is 6.42 Å². The van der Waals surface area contributed by atoms with E-state index in [9.17, 15) is 10.2 Å². The molecule has 3 aromatic rings. The summed E-state index contributed by atoms with van der Waals surface area (Å²) in [5, 5.41) is 30.8. The first-order chi connectivity index (χ1) is 12.8. The molecule has 140 valence electrons. The summed E-state index contributed by atoms with van der Waals surface area (Å²) in [6.07, 6.45) is 4.23. The van der Waals surface area contributed by atoms with Gasteiger partial charge in [0.05, 0.1) is 17.9 Å². The van der Waals surface area contributed by atoms with E-state index in [4.69, 9.17) is 4.74 Å². The fraction of sp³-hybridized carbons (Fsp3) is 0.400. The fourth-order valence-electron chi connectivity index (χ4n) is 4.32. The van der Waals surface area contributed by atoms with Crippen LogP contribution in [0.5, 0.6) is 11.5 Å². The molecule has 1 saturated carbocycles. The van der Waals surface area contributed by atoms with Crippen molar-refractivity contribution >= 4 is 33.6 Å². The summed E-state index contributed by atoms with van der Waals surface area (Å²) >= 11 is 2.31. The maximum Gasteiger partial charge on any atom is 0.163 e. The van der Waals surface area contributed by atoms with Crippen molar-refractivity contribution in [2.75, 3.05) is 6.61 Å². The second-order valence-electron chi connectivity index (χ2n) is 7.90. The van der Waals surface area contributed by atoms with Crippen molar-refractivity contribution in [1.29, 1.82) is 0 Å². The molecular weight excluding hydrogens is 457 g/mol. The van der Waals surface area contributed by atoms with Crippen molar-refractivity contribution in [1.82, 2.24) is 14.8 Å². The highest BCUT2D eigenvalue weighted by Gasteiger charge is 2.40. The normalized spacial score (nSPS) is 23.9. The van der Waals surface area contributed by atoms with Crippen LogP contribution in [-0.4, -0.2) is 37.2 Å². The molecule has 1 aliphatic carbocycles. The first-order valence-corrected chi connectivity index (χ1v) is 10.2. The smallest absolute Gasteiger partial charge is 0.163 e. The quantitative estimate of drug-likeness (QED) is 0.550. The Balaban J connectivity index is 1.62. The van der Waals surface area contributed by atoms with Gasteiger partial charge in [0.25, 0.3) is 0 Å². The Labute approximate surface area is 170 Å². The van der Waals surface area contributed by atoms with E-state index in [-0.39, 0.29) is 11.8 Å². The molecule has 0 spiro atoms. The number of benzene rings is 1. The van der Waals surface area contributed by atoms with Gasteiger partial charge in [-0.2, -0.15) is 0 Å². The van der Waals surface area contributed by atoms with Crippen LogP contribution in [0.25, 0.3) is 22.3 Å². The third-order valence-electron chi connectivity index (χ3n) is 5.70. The summed E-state index contributed by atoms with van der Waals surface area (Å²) in [5.74, 6) is 1.01. The zero-order chi connectivity index (χ0) is 18.9. The zero-order valence-corrected chi connectivity index (χ0v) is 17.3. The average molecular weight is 477 g/mol. The van der Waals surface area contributed by atoms with Crippen LogP contribution in [0, 0.1) is 10.5 Å². The molecular formula is C20H20IN3O3. The van der Waals surface area contributed by atoms with E-state index in [1.165, 1.54) is 0 Å². The van der Waals surface area contributed by atoms with E-state index in [2.05, 4.69) is 43.6 Å². The molecule has 7 heteroatoms. The standard InChI is InChI=1S/C20H20IN3O3/c1-10-5-16-12(3-4-27-16)18(25)17(10)15-6-13-14(21)9-24(19(13)23-22-15)11-7-20(2,26)8-11/h5-6,9,11,25-26H,3-4,7-8H2,1-2H3. The van der Waals surface area contributed by atoms with Crippen LogP contribution in [0.15, 0.2) is 18.3 Å². The van der Waals surface area contributed by atoms with Gasteiger partial charge in [0, 0.05) is 38.7 Å². The first-order valence-electron chi connectivity index (χ1n) is 9.09. The van der Waals surface area contributed by atoms with Crippen molar-refractivity contribution in [2.24, 2.45) is 0 Å². The van der Waals surface area contributed by atoms with Crippen molar-refractivity contribution in [3.05, 3.63) is 33.0 Å². The van der Waals surface area contributed by atoms with E-state index < -0.39 is 5.60 Å². The maximum absolute atomic E-state index is 10.8. The van der Waals surface area contributed by atoms with Crippen LogP contribution in [0.4, 0.5) is 0 Å². The predicted octanol–water partition coefficient (Wildman–Crippen LogP) is 3.74. The summed E-state index contributed by atoms with van der Waals surface area (Å²) in [6, 6.07) is 4.22. The van der Waals surface area contributed by atoms with Crippen molar-refractivity contribution in [3.8, 4) is 22.8 Å². The molecule has 2 aromatic heterocycles. The summed E-state index contributed by atoms with van der Waals surface area (Å²) in [6.45, 7) is 4.42. The number of ether oxygens (including phenoxy) is 1. The molecule has 1 aliphatic heterocycles. The monoisotopic (exact) mass is 477 g/mol. The molecule has 6 nitrogen and oxygen atoms in total. The fourth-order valence-corrected chi connectivity index (χ4v) is 5.02. The molecule has 0 bridgehead atoms. The van der Waals surface area contributed by atoms with Crippen LogP contribution < -0.4 is 4.74 Å². The van der Waals surface area contributed by atoms with Gasteiger partial charge in [0.1, 0.15) is 11.5 Å². The topological polar surface area (TPSA) is 80.4 Å². The highest BCUT2D eigenvalue weighted by atomic mass is 127. The van der Waals surface area contributed by atoms with Crippen LogP contribution >= 0.6 is 22.6 Å². The highest BCUT2D eigenvalue weighted by Crippen LogP contribution is 2.45. The van der Waals surface area contributed by atoms with Crippen LogP contribution in [0.1, 0.15) is 36.9 Å². The van der Waals surface area contributed by atoms with Gasteiger partial charge >= 0.3 is 0 Å². The van der Waals surface area contributed by atoms with E-state index >= 15 is 0 Å². The number of hydrogen-bond acceptors (Lipinski definition) is 5. The second-order valence-corrected chi connectivity index (χ2v) is 9.06. The third-order valence-corrected chi connectivity index (χ3v) is 6.56. The third kappa shape index (κ3) is 2.62. The summed E-state index contributed by atoms with van der Waals surface area (Å²) in [5.41, 5.74) is 3.40. The summed E-state index contributed by atoms with van der Waals surface area (Å²) in [7, 11) is 0. The molecule has 27 heavy (non-hydrogen) atoms. The molecule has 0 atom stereocenters. The molecule has 1 aromatic carbocycles. The molecule has 5 rings (SSSR count). The minimum atomic E-state index is -0.588. The average Bonchev–Trinajstić information content (AvgIpc) is 3.17. The van der Waals surface area contributed by atoms with E-state index in [1.54, 1.807) is 0 Å². The molecule has 0 saturated heterocycles. The number of phenolic OH excluding ortho intramolecular Hbond substituents is 1. The minimum absolute atomic E-state index is 0.249. The Kier molecular flexibility index (Phi) is 3.71. The van der Waals surface area contributed by atoms with Gasteiger partial charge in [-0.1, -0.05) is 0 Å². The lowest BCUT2D eigenvalue weighted by Gasteiger charge is -2.41. The maximum atomic E-state index is 10.8. The molecule has 2 aliphatic rings. The van der Waals surface area contributed by atoms with Crippen molar-refractivity contribution in [2.45, 2.75) is 44.8 Å². The molecule has 0 radical (unpaired) electrons. The van der Waals surface area contributed by atoms with Gasteiger partial charge in [-0.15, -0.1) is 10.2 Å². The van der Waals surface area contributed by atoms with Gasteiger partial charge < -0.3 is 19.5 Å². The number of phenols is 1. The van der Waals surface area contributed by atoms with Crippen molar-refractivity contribution in [3.63, 3.8) is 0 Å². The lowest BCUT2D eigenvalue weighted by Crippen LogP contribution is -2.41. The largest absolute Gasteiger partial charge is 0.507 e. The molecule has 0 unspecified atom stereocenters. The second kappa shape index (κ2) is 5.81. The van der Waals surface area contributed by atoms with Gasteiger partial charge in [-0.25, -0.2) is 0 Å². The number of rotatable bonds is 2. The number of halogens is 1. The lowest BCUT2D eigenvalue weighted by molar-refractivity contribution is -0.0498. The summed E-state index contributed by atoms with van der Waals surface area (Å²) < 4.78 is 8.79. The number of aromatic hydroxyl groups is 1. The van der Waals surface area contributed by atoms with Gasteiger partial charge in [-0.05, 0) is 67.0 Å². The highest BCUT2D eigenvalue weighted by molar-refractivity contribution is 14.1. The van der Waals surface area contributed by atoms with Crippen LogP contribution in [0.2, 0.25) is 0 Å². The Morgan fingerprint density at radius 3 is 2.81 bits per heavy atom. The molecule has 3 heterocycles. The number of fused-ring (bicyclic) bond motifs is 2. The molecule has 1 fully saturated rings. The first kappa shape index (κ1) is 17.2. The number of hydrogen-bond donors (Lipinski definition) is 2. The van der Waals surface area contributed by atoms with Gasteiger partial charge in [0.15, 0.2) is 5.65 Å². The molecule has 0 amide bonds. The molecule has 2 N–H and O–H groups in total. The Morgan fingerprint density at radius 2 is 2.07 bits per heavy atom. The number of aromatic nitrogens is 3.